The molecule has 1 aliphatic carbocycles. The van der Waals surface area contributed by atoms with Crippen molar-refractivity contribution in [2.75, 3.05) is 19.6 Å². The van der Waals surface area contributed by atoms with Crippen molar-refractivity contribution < 1.29 is 18.7 Å². The minimum absolute atomic E-state index is 0.0128. The first-order valence-electron chi connectivity index (χ1n) is 8.76. The molecule has 0 spiro atoms. The molecule has 2 aliphatic rings. The van der Waals surface area contributed by atoms with Crippen molar-refractivity contribution in [3.05, 3.63) is 0 Å². The molecule has 1 saturated heterocycles. The Balaban J connectivity index is 1.92. The van der Waals surface area contributed by atoms with Crippen LogP contribution in [0.4, 0.5) is 8.78 Å². The standard InChI is InChI=1S/C17H30F2N2O2/c1-4-13-7-5-10-21(11-13)15(2,3)12-20-14(22)17(18,19)16(23)8-6-9-16/h13,23H,4-12H2,1-3H3,(H,20,22)/t13-/m0/s1. The Morgan fingerprint density at radius 2 is 2.00 bits per heavy atom. The van der Waals surface area contributed by atoms with Crippen molar-refractivity contribution in [3.8, 4) is 0 Å². The second kappa shape index (κ2) is 6.63. The monoisotopic (exact) mass is 332 g/mol. The molecule has 2 fully saturated rings. The number of rotatable bonds is 6. The van der Waals surface area contributed by atoms with Crippen LogP contribution in [0.3, 0.4) is 0 Å². The number of carbonyl (C=O) groups is 1. The molecule has 1 amide bonds. The number of carbonyl (C=O) groups excluding carboxylic acids is 1. The SMILES string of the molecule is CC[C@H]1CCCN(C(C)(C)CNC(=O)C(F)(F)C2(O)CCC2)C1. The van der Waals surface area contributed by atoms with Crippen LogP contribution >= 0.6 is 0 Å². The molecule has 23 heavy (non-hydrogen) atoms. The van der Waals surface area contributed by atoms with Crippen molar-refractivity contribution in [1.29, 1.82) is 0 Å². The van der Waals surface area contributed by atoms with Gasteiger partial charge in [0.05, 0.1) is 0 Å². The summed E-state index contributed by atoms with van der Waals surface area (Å²) < 4.78 is 28.2. The normalized spacial score (nSPS) is 25.7. The predicted octanol–water partition coefficient (Wildman–Crippen LogP) is 2.55. The van der Waals surface area contributed by atoms with Gasteiger partial charge in [0.1, 0.15) is 5.60 Å². The maximum atomic E-state index is 14.1. The van der Waals surface area contributed by atoms with Crippen molar-refractivity contribution >= 4 is 5.91 Å². The molecule has 4 nitrogen and oxygen atoms in total. The van der Waals surface area contributed by atoms with Gasteiger partial charge in [-0.1, -0.05) is 13.3 Å². The van der Waals surface area contributed by atoms with E-state index in [0.29, 0.717) is 12.3 Å². The summed E-state index contributed by atoms with van der Waals surface area (Å²) in [5, 5.41) is 12.2. The zero-order chi connectivity index (χ0) is 17.3. The molecule has 2 N–H and O–H groups in total. The number of alkyl halides is 2. The van der Waals surface area contributed by atoms with Crippen LogP contribution in [-0.2, 0) is 4.79 Å². The lowest BCUT2D eigenvalue weighted by Gasteiger charge is -2.45. The van der Waals surface area contributed by atoms with Gasteiger partial charge in [-0.3, -0.25) is 9.69 Å². The van der Waals surface area contributed by atoms with E-state index in [1.807, 2.05) is 13.8 Å². The maximum absolute atomic E-state index is 14.1. The molecular formula is C17H30F2N2O2. The number of halogens is 2. The predicted molar refractivity (Wildman–Crippen MR) is 85.4 cm³/mol. The molecule has 0 aromatic heterocycles. The van der Waals surface area contributed by atoms with Gasteiger partial charge >= 0.3 is 5.92 Å². The van der Waals surface area contributed by atoms with Crippen LogP contribution in [0.5, 0.6) is 0 Å². The molecule has 1 aliphatic heterocycles. The second-order valence-corrected chi connectivity index (χ2v) is 7.82. The Labute approximate surface area is 137 Å². The van der Waals surface area contributed by atoms with Gasteiger partial charge in [-0.05, 0) is 58.4 Å². The number of amides is 1. The highest BCUT2D eigenvalue weighted by Gasteiger charge is 2.61. The summed E-state index contributed by atoms with van der Waals surface area (Å²) in [6.45, 7) is 8.15. The molecule has 1 saturated carbocycles. The molecule has 0 bridgehead atoms. The van der Waals surface area contributed by atoms with E-state index in [1.54, 1.807) is 0 Å². The van der Waals surface area contributed by atoms with Crippen LogP contribution in [-0.4, -0.2) is 52.6 Å². The van der Waals surface area contributed by atoms with Crippen LogP contribution in [0.2, 0.25) is 0 Å². The lowest BCUT2D eigenvalue weighted by molar-refractivity contribution is -0.216. The number of nitrogens with zero attached hydrogens (tertiary/aromatic N) is 1. The van der Waals surface area contributed by atoms with Crippen LogP contribution in [0.15, 0.2) is 0 Å². The van der Waals surface area contributed by atoms with Crippen molar-refractivity contribution in [1.82, 2.24) is 10.2 Å². The molecule has 0 aromatic rings. The first-order chi connectivity index (χ1) is 10.6. The average Bonchev–Trinajstić information content (AvgIpc) is 2.50. The van der Waals surface area contributed by atoms with Gasteiger partial charge in [0.2, 0.25) is 0 Å². The molecule has 0 radical (unpaired) electrons. The lowest BCUT2D eigenvalue weighted by Crippen LogP contribution is -2.63. The van der Waals surface area contributed by atoms with Crippen molar-refractivity contribution in [3.63, 3.8) is 0 Å². The molecule has 0 aromatic carbocycles. The number of hydrogen-bond donors (Lipinski definition) is 2. The first kappa shape index (κ1) is 18.6. The quantitative estimate of drug-likeness (QED) is 0.786. The number of aliphatic hydroxyl groups is 1. The highest BCUT2D eigenvalue weighted by Crippen LogP contribution is 2.44. The number of likely N-dealkylation sites (tertiary alicyclic amines) is 1. The summed E-state index contributed by atoms with van der Waals surface area (Å²) in [7, 11) is 0. The third-order valence-electron chi connectivity index (χ3n) is 5.68. The van der Waals surface area contributed by atoms with Gasteiger partial charge in [0.25, 0.3) is 5.91 Å². The minimum atomic E-state index is -3.71. The first-order valence-corrected chi connectivity index (χ1v) is 8.76. The fourth-order valence-electron chi connectivity index (χ4n) is 3.50. The largest absolute Gasteiger partial charge is 0.383 e. The van der Waals surface area contributed by atoms with Crippen LogP contribution < -0.4 is 5.32 Å². The van der Waals surface area contributed by atoms with E-state index in [4.69, 9.17) is 0 Å². The van der Waals surface area contributed by atoms with E-state index in [-0.39, 0.29) is 24.9 Å². The number of piperidine rings is 1. The Morgan fingerprint density at radius 1 is 1.35 bits per heavy atom. The van der Waals surface area contributed by atoms with Gasteiger partial charge < -0.3 is 10.4 Å². The van der Waals surface area contributed by atoms with Crippen LogP contribution in [0.25, 0.3) is 0 Å². The number of hydrogen-bond acceptors (Lipinski definition) is 3. The van der Waals surface area contributed by atoms with Crippen molar-refractivity contribution in [2.24, 2.45) is 5.92 Å². The Hall–Kier alpha value is -0.750. The maximum Gasteiger partial charge on any atom is 0.352 e. The summed E-state index contributed by atoms with van der Waals surface area (Å²) >= 11 is 0. The number of nitrogens with one attached hydrogen (secondary N) is 1. The van der Waals surface area contributed by atoms with E-state index < -0.39 is 17.4 Å². The van der Waals surface area contributed by atoms with E-state index >= 15 is 0 Å². The smallest absolute Gasteiger partial charge is 0.352 e. The summed E-state index contributed by atoms with van der Waals surface area (Å²) in [6.07, 6.45) is 3.94. The molecule has 6 heteroatoms. The third-order valence-corrected chi connectivity index (χ3v) is 5.68. The second-order valence-electron chi connectivity index (χ2n) is 7.82. The molecule has 2 rings (SSSR count). The van der Waals surface area contributed by atoms with Gasteiger partial charge in [-0.2, -0.15) is 8.78 Å². The Kier molecular flexibility index (Phi) is 5.36. The fraction of sp³-hybridized carbons (Fsp3) is 0.941. The summed E-state index contributed by atoms with van der Waals surface area (Å²) in [4.78, 5) is 14.2. The zero-order valence-electron chi connectivity index (χ0n) is 14.5. The lowest BCUT2D eigenvalue weighted by atomic mass is 9.75. The summed E-state index contributed by atoms with van der Waals surface area (Å²) in [5.41, 5.74) is -2.53. The van der Waals surface area contributed by atoms with Gasteiger partial charge in [0.15, 0.2) is 0 Å². The highest BCUT2D eigenvalue weighted by molar-refractivity contribution is 5.85. The van der Waals surface area contributed by atoms with E-state index in [9.17, 15) is 18.7 Å². The molecular weight excluding hydrogens is 302 g/mol. The third kappa shape index (κ3) is 3.68. The van der Waals surface area contributed by atoms with Crippen LogP contribution in [0, 0.1) is 5.92 Å². The Morgan fingerprint density at radius 3 is 2.52 bits per heavy atom. The summed E-state index contributed by atoms with van der Waals surface area (Å²) in [5.74, 6) is -4.43. The van der Waals surface area contributed by atoms with Crippen LogP contribution in [0.1, 0.15) is 59.3 Å². The van der Waals surface area contributed by atoms with E-state index in [1.165, 1.54) is 6.42 Å². The van der Waals surface area contributed by atoms with Crippen molar-refractivity contribution in [2.45, 2.75) is 76.4 Å². The topological polar surface area (TPSA) is 52.6 Å². The molecule has 1 atom stereocenters. The fourth-order valence-corrected chi connectivity index (χ4v) is 3.50. The van der Waals surface area contributed by atoms with Gasteiger partial charge in [-0.25, -0.2) is 0 Å². The van der Waals surface area contributed by atoms with Gasteiger partial charge in [0, 0.05) is 18.6 Å². The molecule has 1 heterocycles. The van der Waals surface area contributed by atoms with E-state index in [2.05, 4.69) is 17.1 Å². The molecule has 134 valence electrons. The zero-order valence-corrected chi connectivity index (χ0v) is 14.5. The molecule has 0 unspecified atom stereocenters. The van der Waals surface area contributed by atoms with Gasteiger partial charge in [-0.15, -0.1) is 0 Å². The summed E-state index contributed by atoms with van der Waals surface area (Å²) in [6, 6.07) is 0. The Bertz CT molecular complexity index is 436. The minimum Gasteiger partial charge on any atom is -0.383 e. The highest BCUT2D eigenvalue weighted by atomic mass is 19.3. The van der Waals surface area contributed by atoms with E-state index in [0.717, 1.165) is 25.9 Å². The average molecular weight is 332 g/mol.